The Kier molecular flexibility index (Phi) is 5.74. The third-order valence-electron chi connectivity index (χ3n) is 4.75. The van der Waals surface area contributed by atoms with Crippen LogP contribution < -0.4 is 0 Å². The van der Waals surface area contributed by atoms with Gasteiger partial charge in [0.15, 0.2) is 6.10 Å². The fraction of sp³-hybridized carbons (Fsp3) is 0.263. The van der Waals surface area contributed by atoms with Crippen LogP contribution in [0.1, 0.15) is 23.5 Å². The highest BCUT2D eigenvalue weighted by Gasteiger charge is 2.58. The van der Waals surface area contributed by atoms with Gasteiger partial charge in [-0.15, -0.1) is 11.8 Å². The molecule has 3 heterocycles. The average Bonchev–Trinajstić information content (AvgIpc) is 3.39. The number of β-lactam (4-membered cyclic amide) rings is 1. The van der Waals surface area contributed by atoms with Gasteiger partial charge in [-0.3, -0.25) is 24.6 Å². The van der Waals surface area contributed by atoms with Crippen LogP contribution in [0.15, 0.2) is 47.6 Å². The number of carbonyl (C=O) groups excluding carboxylic acids is 3. The number of amides is 1. The first-order chi connectivity index (χ1) is 14.9. The maximum absolute atomic E-state index is 12.8. The Hall–Kier alpha value is -3.25. The Labute approximate surface area is 184 Å². The summed E-state index contributed by atoms with van der Waals surface area (Å²) in [7, 11) is 0. The number of thioether (sulfide) groups is 1. The van der Waals surface area contributed by atoms with E-state index in [0.717, 1.165) is 11.5 Å². The second kappa shape index (κ2) is 8.47. The minimum Gasteiger partial charge on any atom is -0.456 e. The highest BCUT2D eigenvalue weighted by Crippen LogP contribution is 2.51. The van der Waals surface area contributed by atoms with Crippen LogP contribution in [0.25, 0.3) is 0 Å². The van der Waals surface area contributed by atoms with Gasteiger partial charge in [0, 0.05) is 30.7 Å². The molecule has 12 heteroatoms. The molecule has 1 aromatic heterocycles. The third-order valence-corrected chi connectivity index (χ3v) is 6.69. The predicted octanol–water partition coefficient (Wildman–Crippen LogP) is 2.77. The summed E-state index contributed by atoms with van der Waals surface area (Å²) in [6, 6.07) is 7.33. The summed E-state index contributed by atoms with van der Waals surface area (Å²) in [5.74, 6) is -2.16. The first-order valence-electron chi connectivity index (χ1n) is 9.04. The van der Waals surface area contributed by atoms with Gasteiger partial charge >= 0.3 is 11.9 Å². The zero-order chi connectivity index (χ0) is 22.1. The molecule has 1 aromatic carbocycles. The van der Waals surface area contributed by atoms with E-state index in [1.165, 1.54) is 47.9 Å². The number of carbonyl (C=O) groups is 3. The van der Waals surface area contributed by atoms with Crippen molar-refractivity contribution in [2.45, 2.75) is 25.0 Å². The van der Waals surface area contributed by atoms with Gasteiger partial charge < -0.3 is 9.47 Å². The summed E-state index contributed by atoms with van der Waals surface area (Å²) in [5, 5.41) is 11.9. The summed E-state index contributed by atoms with van der Waals surface area (Å²) in [5.41, 5.74) is 0.632. The second-order valence-corrected chi connectivity index (χ2v) is 8.56. The maximum atomic E-state index is 12.8. The molecule has 2 aliphatic heterocycles. The lowest BCUT2D eigenvalue weighted by molar-refractivity contribution is -0.384. The number of hydrogen-bond donors (Lipinski definition) is 0. The molecule has 2 aliphatic rings. The number of esters is 2. The van der Waals surface area contributed by atoms with Crippen molar-refractivity contribution in [2.24, 2.45) is 5.92 Å². The largest absolute Gasteiger partial charge is 0.456 e. The molecule has 0 N–H and O–H groups in total. The zero-order valence-electron chi connectivity index (χ0n) is 16.0. The van der Waals surface area contributed by atoms with Crippen LogP contribution in [-0.2, 0) is 30.5 Å². The molecule has 0 aliphatic carbocycles. The summed E-state index contributed by atoms with van der Waals surface area (Å²) < 4.78 is 14.7. The Morgan fingerprint density at radius 2 is 2.03 bits per heavy atom. The molecule has 2 aromatic rings. The van der Waals surface area contributed by atoms with Gasteiger partial charge in [-0.05, 0) is 35.3 Å². The first-order valence-corrected chi connectivity index (χ1v) is 10.8. The van der Waals surface area contributed by atoms with E-state index in [1.807, 2.05) is 0 Å². The molecule has 31 heavy (non-hydrogen) atoms. The summed E-state index contributed by atoms with van der Waals surface area (Å²) in [6.07, 6.45) is 0.799. The van der Waals surface area contributed by atoms with Crippen LogP contribution in [0.4, 0.5) is 5.69 Å². The van der Waals surface area contributed by atoms with Crippen molar-refractivity contribution >= 4 is 46.8 Å². The Morgan fingerprint density at radius 1 is 1.29 bits per heavy atom. The monoisotopic (exact) mass is 461 g/mol. The number of non-ortho nitro benzene ring substituents is 1. The van der Waals surface area contributed by atoms with Crippen molar-refractivity contribution in [2.75, 3.05) is 0 Å². The molecule has 4 rings (SSSR count). The molecule has 1 saturated heterocycles. The van der Waals surface area contributed by atoms with Gasteiger partial charge in [0.05, 0.1) is 9.80 Å². The van der Waals surface area contributed by atoms with Crippen LogP contribution in [0.3, 0.4) is 0 Å². The topological polar surface area (TPSA) is 129 Å². The van der Waals surface area contributed by atoms with Crippen molar-refractivity contribution in [3.05, 3.63) is 68.2 Å². The van der Waals surface area contributed by atoms with E-state index in [-0.39, 0.29) is 29.3 Å². The van der Waals surface area contributed by atoms with E-state index in [2.05, 4.69) is 4.37 Å². The summed E-state index contributed by atoms with van der Waals surface area (Å²) in [6.45, 7) is 1.18. The fourth-order valence-corrected chi connectivity index (χ4v) is 5.21. The first kappa shape index (κ1) is 21.0. The Bertz CT molecular complexity index is 1070. The summed E-state index contributed by atoms with van der Waals surface area (Å²) >= 11 is 2.42. The molecule has 3 atom stereocenters. The lowest BCUT2D eigenvalue weighted by atomic mass is 9.90. The molecule has 10 nitrogen and oxygen atoms in total. The molecule has 0 bridgehead atoms. The van der Waals surface area contributed by atoms with Crippen molar-refractivity contribution in [1.29, 1.82) is 0 Å². The number of nitrogens with zero attached hydrogens (tertiary/aromatic N) is 3. The molecular weight excluding hydrogens is 446 g/mol. The minimum atomic E-state index is -0.768. The molecular formula is C19H15N3O7S2. The number of rotatable bonds is 7. The molecule has 1 fully saturated rings. The van der Waals surface area contributed by atoms with E-state index in [1.54, 1.807) is 17.7 Å². The molecule has 0 spiro atoms. The molecule has 0 saturated carbocycles. The molecule has 0 radical (unpaired) electrons. The van der Waals surface area contributed by atoms with Crippen molar-refractivity contribution in [1.82, 2.24) is 9.27 Å². The minimum absolute atomic E-state index is 0.0617. The highest BCUT2D eigenvalue weighted by molar-refractivity contribution is 8.03. The second-order valence-electron chi connectivity index (χ2n) is 6.71. The number of ether oxygens (including phenoxy) is 2. The Morgan fingerprint density at radius 3 is 2.65 bits per heavy atom. The van der Waals surface area contributed by atoms with Gasteiger partial charge in [0.25, 0.3) is 5.69 Å². The lowest BCUT2D eigenvalue weighted by Crippen LogP contribution is -2.59. The predicted molar refractivity (Wildman–Crippen MR) is 109 cm³/mol. The smallest absolute Gasteiger partial charge is 0.355 e. The van der Waals surface area contributed by atoms with Gasteiger partial charge in [-0.2, -0.15) is 0 Å². The third kappa shape index (κ3) is 4.03. The van der Waals surface area contributed by atoms with Crippen molar-refractivity contribution < 1.29 is 28.8 Å². The van der Waals surface area contributed by atoms with Gasteiger partial charge in [-0.1, -0.05) is 0 Å². The molecule has 160 valence electrons. The maximum Gasteiger partial charge on any atom is 0.355 e. The Balaban J connectivity index is 1.40. The van der Waals surface area contributed by atoms with E-state index >= 15 is 0 Å². The average molecular weight is 461 g/mol. The van der Waals surface area contributed by atoms with Crippen molar-refractivity contribution in [3.8, 4) is 0 Å². The zero-order valence-corrected chi connectivity index (χ0v) is 17.6. The van der Waals surface area contributed by atoms with Gasteiger partial charge in [0.1, 0.15) is 23.6 Å². The standard InChI is InChI=1S/C19H15N3O7S2/c1-10(23)29-16(14-6-7-20-31-14)15-17(24)21-13(9-30-18(15)21)19(25)28-8-11-2-4-12(5-3-11)22(26)27/h2-7,9,15-16,18H,8H2,1H3/t15?,16?,18-/m1/s1. The van der Waals surface area contributed by atoms with Crippen LogP contribution in [-0.4, -0.2) is 37.4 Å². The van der Waals surface area contributed by atoms with E-state index in [0.29, 0.717) is 10.4 Å². The SMILES string of the molecule is CC(=O)OC(c1ccns1)C1C(=O)N2C(C(=O)OCc3ccc([N+](=O)[O-])cc3)=CS[C@H]12. The number of aromatic nitrogens is 1. The summed E-state index contributed by atoms with van der Waals surface area (Å²) in [4.78, 5) is 49.1. The molecule has 1 amide bonds. The van der Waals surface area contributed by atoms with E-state index in [9.17, 15) is 24.5 Å². The molecule has 2 unspecified atom stereocenters. The quantitative estimate of drug-likeness (QED) is 0.264. The van der Waals surface area contributed by atoms with Crippen LogP contribution in [0.2, 0.25) is 0 Å². The van der Waals surface area contributed by atoms with E-state index in [4.69, 9.17) is 9.47 Å². The number of hydrogen-bond acceptors (Lipinski definition) is 10. The lowest BCUT2D eigenvalue weighted by Gasteiger charge is -2.45. The highest BCUT2D eigenvalue weighted by atomic mass is 32.2. The number of nitro benzene ring substituents is 1. The normalized spacial score (nSPS) is 20.4. The van der Waals surface area contributed by atoms with Crippen LogP contribution >= 0.6 is 23.3 Å². The number of nitro groups is 1. The number of fused-ring (bicyclic) bond motifs is 1. The van der Waals surface area contributed by atoms with Crippen LogP contribution in [0.5, 0.6) is 0 Å². The van der Waals surface area contributed by atoms with Crippen molar-refractivity contribution in [3.63, 3.8) is 0 Å². The van der Waals surface area contributed by atoms with Crippen LogP contribution in [0, 0.1) is 16.0 Å². The van der Waals surface area contributed by atoms with Gasteiger partial charge in [-0.25, -0.2) is 9.17 Å². The number of benzene rings is 1. The fourth-order valence-electron chi connectivity index (χ4n) is 3.30. The van der Waals surface area contributed by atoms with E-state index < -0.39 is 28.9 Å². The van der Waals surface area contributed by atoms with Gasteiger partial charge in [0.2, 0.25) is 5.91 Å².